The van der Waals surface area contributed by atoms with E-state index in [9.17, 15) is 0 Å². The maximum atomic E-state index is 5.49. The molecule has 0 saturated heterocycles. The minimum absolute atomic E-state index is 0.593. The number of ether oxygens (including phenoxy) is 1. The summed E-state index contributed by atoms with van der Waals surface area (Å²) in [5, 5.41) is 0. The van der Waals surface area contributed by atoms with Crippen LogP contribution in [0, 0.1) is 23.2 Å². The fourth-order valence-corrected chi connectivity index (χ4v) is 5.52. The maximum absolute atomic E-state index is 5.49. The Labute approximate surface area is 130 Å². The van der Waals surface area contributed by atoms with Gasteiger partial charge in [-0.1, -0.05) is 38.3 Å². The van der Waals surface area contributed by atoms with E-state index < -0.39 is 0 Å². The largest absolute Gasteiger partial charge is 0.501 e. The summed E-state index contributed by atoms with van der Waals surface area (Å²) in [6.45, 7) is 7.46. The molecule has 0 bridgehead atoms. The summed E-state index contributed by atoms with van der Waals surface area (Å²) >= 11 is 0. The Kier molecular flexibility index (Phi) is 4.21. The van der Waals surface area contributed by atoms with E-state index in [1.165, 1.54) is 44.3 Å². The van der Waals surface area contributed by atoms with Crippen molar-refractivity contribution in [3.8, 4) is 0 Å². The van der Waals surface area contributed by atoms with Gasteiger partial charge in [-0.3, -0.25) is 0 Å². The van der Waals surface area contributed by atoms with E-state index in [0.717, 1.165) is 30.6 Å². The van der Waals surface area contributed by atoms with Crippen LogP contribution in [0.15, 0.2) is 23.0 Å². The Hall–Kier alpha value is -0.720. The van der Waals surface area contributed by atoms with Gasteiger partial charge in [0.25, 0.3) is 0 Å². The lowest BCUT2D eigenvalue weighted by Crippen LogP contribution is -2.42. The molecule has 1 heteroatoms. The summed E-state index contributed by atoms with van der Waals surface area (Å²) < 4.78 is 5.49. The van der Waals surface area contributed by atoms with E-state index in [-0.39, 0.29) is 0 Å². The highest BCUT2D eigenvalue weighted by molar-refractivity contribution is 5.32. The first-order valence-electron chi connectivity index (χ1n) is 9.03. The number of rotatable bonds is 3. The van der Waals surface area contributed by atoms with E-state index in [0.29, 0.717) is 5.41 Å². The zero-order chi connectivity index (χ0) is 15.0. The molecule has 0 aromatic rings. The third-order valence-corrected chi connectivity index (χ3v) is 6.99. The Morgan fingerprint density at radius 1 is 1.33 bits per heavy atom. The van der Waals surface area contributed by atoms with Crippen LogP contribution in [-0.2, 0) is 4.74 Å². The quantitative estimate of drug-likeness (QED) is 0.590. The molecular formula is C20H32O. The molecule has 0 radical (unpaired) electrons. The molecule has 1 fully saturated rings. The van der Waals surface area contributed by atoms with E-state index in [1.54, 1.807) is 11.1 Å². The molecule has 4 atom stereocenters. The summed E-state index contributed by atoms with van der Waals surface area (Å²) in [6, 6.07) is 0. The smallest absolute Gasteiger partial charge is 0.0959 e. The molecule has 3 aliphatic carbocycles. The van der Waals surface area contributed by atoms with Gasteiger partial charge in [-0.05, 0) is 67.8 Å². The monoisotopic (exact) mass is 288 g/mol. The van der Waals surface area contributed by atoms with Gasteiger partial charge in [0.15, 0.2) is 0 Å². The zero-order valence-corrected chi connectivity index (χ0v) is 14.4. The molecule has 3 aliphatic rings. The molecule has 1 saturated carbocycles. The first kappa shape index (κ1) is 15.2. The second-order valence-electron chi connectivity index (χ2n) is 7.92. The Balaban J connectivity index is 1.79. The molecule has 0 spiro atoms. The van der Waals surface area contributed by atoms with Crippen molar-refractivity contribution in [2.45, 2.75) is 72.1 Å². The SMILES string of the molecule is CCC[C@@]1(C)CCC2C3=C(CCC2C1C)CC(OC)=CC3. The van der Waals surface area contributed by atoms with Crippen LogP contribution in [0.3, 0.4) is 0 Å². The van der Waals surface area contributed by atoms with Crippen molar-refractivity contribution < 1.29 is 4.74 Å². The van der Waals surface area contributed by atoms with E-state index >= 15 is 0 Å². The molecule has 3 rings (SSSR count). The highest BCUT2D eigenvalue weighted by Crippen LogP contribution is 2.56. The molecular weight excluding hydrogens is 256 g/mol. The summed E-state index contributed by atoms with van der Waals surface area (Å²) in [5.41, 5.74) is 4.12. The van der Waals surface area contributed by atoms with Crippen molar-refractivity contribution >= 4 is 0 Å². The minimum Gasteiger partial charge on any atom is -0.501 e. The molecule has 118 valence electrons. The van der Waals surface area contributed by atoms with Gasteiger partial charge in [0, 0.05) is 6.42 Å². The van der Waals surface area contributed by atoms with Gasteiger partial charge in [-0.15, -0.1) is 0 Å². The Bertz CT molecular complexity index is 458. The number of fused-ring (bicyclic) bond motifs is 2. The van der Waals surface area contributed by atoms with E-state index in [4.69, 9.17) is 4.74 Å². The topological polar surface area (TPSA) is 9.23 Å². The van der Waals surface area contributed by atoms with Crippen LogP contribution < -0.4 is 0 Å². The predicted octanol–water partition coefficient (Wildman–Crippen LogP) is 5.87. The number of methoxy groups -OCH3 is 1. The van der Waals surface area contributed by atoms with Gasteiger partial charge in [0.2, 0.25) is 0 Å². The van der Waals surface area contributed by atoms with Gasteiger partial charge in [0.05, 0.1) is 12.9 Å². The van der Waals surface area contributed by atoms with Crippen LogP contribution in [0.1, 0.15) is 72.1 Å². The average Bonchev–Trinajstić information content (AvgIpc) is 2.50. The third kappa shape index (κ3) is 2.58. The predicted molar refractivity (Wildman–Crippen MR) is 89.0 cm³/mol. The molecule has 0 aromatic heterocycles. The molecule has 0 N–H and O–H groups in total. The molecule has 1 nitrogen and oxygen atoms in total. The minimum atomic E-state index is 0.593. The lowest BCUT2D eigenvalue weighted by Gasteiger charge is -2.52. The summed E-state index contributed by atoms with van der Waals surface area (Å²) in [5.74, 6) is 3.90. The standard InChI is InChI=1S/C20H32O/c1-5-11-20(3)12-10-19-17(14(20)2)8-6-15-13-16(21-4)7-9-18(15)19/h7,14,17,19H,5-6,8-13H2,1-4H3/t14?,17?,19?,20-/m0/s1. The number of hydrogen-bond acceptors (Lipinski definition) is 1. The van der Waals surface area contributed by atoms with E-state index in [2.05, 4.69) is 26.8 Å². The van der Waals surface area contributed by atoms with Crippen LogP contribution in [0.4, 0.5) is 0 Å². The highest BCUT2D eigenvalue weighted by Gasteiger charge is 2.46. The van der Waals surface area contributed by atoms with Crippen LogP contribution in [0.25, 0.3) is 0 Å². The van der Waals surface area contributed by atoms with Gasteiger partial charge in [-0.25, -0.2) is 0 Å². The van der Waals surface area contributed by atoms with Crippen molar-refractivity contribution in [1.82, 2.24) is 0 Å². The lowest BCUT2D eigenvalue weighted by molar-refractivity contribution is 0.0211. The Morgan fingerprint density at radius 2 is 2.14 bits per heavy atom. The lowest BCUT2D eigenvalue weighted by atomic mass is 9.53. The van der Waals surface area contributed by atoms with Crippen LogP contribution in [0.2, 0.25) is 0 Å². The number of allylic oxidation sites excluding steroid dienone is 3. The molecule has 21 heavy (non-hydrogen) atoms. The summed E-state index contributed by atoms with van der Waals surface area (Å²) in [6.07, 6.45) is 13.0. The van der Waals surface area contributed by atoms with Crippen LogP contribution in [0.5, 0.6) is 0 Å². The summed E-state index contributed by atoms with van der Waals surface area (Å²) in [4.78, 5) is 0. The normalized spacial score (nSPS) is 39.4. The van der Waals surface area contributed by atoms with Crippen molar-refractivity contribution in [2.75, 3.05) is 7.11 Å². The molecule has 3 unspecified atom stereocenters. The van der Waals surface area contributed by atoms with Crippen molar-refractivity contribution in [1.29, 1.82) is 0 Å². The van der Waals surface area contributed by atoms with Crippen molar-refractivity contribution in [3.63, 3.8) is 0 Å². The van der Waals surface area contributed by atoms with Crippen LogP contribution >= 0.6 is 0 Å². The molecule has 0 heterocycles. The fourth-order valence-electron chi connectivity index (χ4n) is 5.52. The first-order chi connectivity index (χ1) is 10.1. The second-order valence-corrected chi connectivity index (χ2v) is 7.92. The maximum Gasteiger partial charge on any atom is 0.0959 e. The van der Waals surface area contributed by atoms with Gasteiger partial charge < -0.3 is 4.74 Å². The number of hydrogen-bond donors (Lipinski definition) is 0. The third-order valence-electron chi connectivity index (χ3n) is 6.99. The molecule has 0 aliphatic heterocycles. The average molecular weight is 288 g/mol. The highest BCUT2D eigenvalue weighted by atomic mass is 16.5. The van der Waals surface area contributed by atoms with Crippen molar-refractivity contribution in [2.24, 2.45) is 23.2 Å². The fraction of sp³-hybridized carbons (Fsp3) is 0.800. The second kappa shape index (κ2) is 5.82. The van der Waals surface area contributed by atoms with Gasteiger partial charge >= 0.3 is 0 Å². The van der Waals surface area contributed by atoms with Gasteiger partial charge in [-0.2, -0.15) is 0 Å². The first-order valence-corrected chi connectivity index (χ1v) is 9.03. The molecule has 0 aromatic carbocycles. The van der Waals surface area contributed by atoms with Gasteiger partial charge in [0.1, 0.15) is 0 Å². The summed E-state index contributed by atoms with van der Waals surface area (Å²) in [7, 11) is 1.82. The van der Waals surface area contributed by atoms with Crippen LogP contribution in [-0.4, -0.2) is 7.11 Å². The van der Waals surface area contributed by atoms with Crippen molar-refractivity contribution in [3.05, 3.63) is 23.0 Å². The van der Waals surface area contributed by atoms with E-state index in [1.807, 2.05) is 7.11 Å². The Morgan fingerprint density at radius 3 is 2.86 bits per heavy atom. The molecule has 0 amide bonds. The zero-order valence-electron chi connectivity index (χ0n) is 14.4.